The molecule has 0 saturated carbocycles. The first-order chi connectivity index (χ1) is 9.21. The zero-order valence-electron chi connectivity index (χ0n) is 10.7. The van der Waals surface area contributed by atoms with Gasteiger partial charge in [-0.1, -0.05) is 12.1 Å². The van der Waals surface area contributed by atoms with E-state index in [2.05, 4.69) is 29.0 Å². The summed E-state index contributed by atoms with van der Waals surface area (Å²) in [7, 11) is 0. The summed E-state index contributed by atoms with van der Waals surface area (Å²) in [5.74, 6) is 0.282. The minimum Gasteiger partial charge on any atom is -0.508 e. The topological polar surface area (TPSA) is 51.8 Å². The van der Waals surface area contributed by atoms with E-state index < -0.39 is 0 Å². The number of nitrogens with one attached hydrogen (secondary N) is 2. The molecule has 3 N–H and O–H groups in total. The Morgan fingerprint density at radius 3 is 1.79 bits per heavy atom. The van der Waals surface area contributed by atoms with Crippen LogP contribution < -0.4 is 0 Å². The highest BCUT2D eigenvalue weighted by molar-refractivity contribution is 5.45. The smallest absolute Gasteiger partial charge is 0.115 e. The normalized spacial score (nSPS) is 11.6. The van der Waals surface area contributed by atoms with Crippen molar-refractivity contribution >= 4 is 0 Å². The highest BCUT2D eigenvalue weighted by atomic mass is 16.3. The molecule has 19 heavy (non-hydrogen) atoms. The van der Waals surface area contributed by atoms with Crippen LogP contribution in [0, 0.1) is 0 Å². The van der Waals surface area contributed by atoms with E-state index in [-0.39, 0.29) is 11.2 Å². The zero-order valence-corrected chi connectivity index (χ0v) is 10.7. The molecular weight excluding hydrogens is 236 g/mol. The molecule has 3 aromatic rings. The average molecular weight is 252 g/mol. The van der Waals surface area contributed by atoms with Crippen molar-refractivity contribution in [3.63, 3.8) is 0 Å². The first-order valence-electron chi connectivity index (χ1n) is 6.28. The van der Waals surface area contributed by atoms with Gasteiger partial charge in [-0.05, 0) is 48.9 Å². The summed E-state index contributed by atoms with van der Waals surface area (Å²) in [5.41, 5.74) is 3.05. The monoisotopic (exact) mass is 252 g/mol. The second kappa shape index (κ2) is 4.35. The molecule has 0 bridgehead atoms. The maximum atomic E-state index is 9.47. The van der Waals surface area contributed by atoms with Gasteiger partial charge in [-0.15, -0.1) is 0 Å². The Kier molecular flexibility index (Phi) is 2.67. The number of aromatic amines is 2. The third kappa shape index (κ3) is 1.83. The molecular formula is C16H16N2O. The SMILES string of the molecule is CC(c1ccc(O)cc1)(c1ccc[nH]1)c1ccc[nH]1. The fourth-order valence-electron chi connectivity index (χ4n) is 2.53. The van der Waals surface area contributed by atoms with Gasteiger partial charge in [0.2, 0.25) is 0 Å². The molecule has 0 aliphatic carbocycles. The van der Waals surface area contributed by atoms with Crippen LogP contribution in [0.25, 0.3) is 0 Å². The van der Waals surface area contributed by atoms with Crippen LogP contribution in [0.3, 0.4) is 0 Å². The van der Waals surface area contributed by atoms with Crippen molar-refractivity contribution in [1.29, 1.82) is 0 Å². The second-order valence-corrected chi connectivity index (χ2v) is 4.84. The van der Waals surface area contributed by atoms with E-state index in [1.54, 1.807) is 12.1 Å². The van der Waals surface area contributed by atoms with Gasteiger partial charge >= 0.3 is 0 Å². The molecule has 3 rings (SSSR count). The highest BCUT2D eigenvalue weighted by Crippen LogP contribution is 2.37. The van der Waals surface area contributed by atoms with Gasteiger partial charge in [0.1, 0.15) is 5.75 Å². The Labute approximate surface area is 111 Å². The molecule has 0 atom stereocenters. The maximum absolute atomic E-state index is 9.47. The largest absolute Gasteiger partial charge is 0.508 e. The van der Waals surface area contributed by atoms with E-state index in [1.807, 2.05) is 36.7 Å². The van der Waals surface area contributed by atoms with Crippen LogP contribution in [0.2, 0.25) is 0 Å². The quantitative estimate of drug-likeness (QED) is 0.657. The lowest BCUT2D eigenvalue weighted by Gasteiger charge is -2.28. The third-order valence-electron chi connectivity index (χ3n) is 3.72. The number of aromatic hydroxyl groups is 1. The van der Waals surface area contributed by atoms with Crippen molar-refractivity contribution in [3.8, 4) is 5.75 Å². The van der Waals surface area contributed by atoms with Gasteiger partial charge < -0.3 is 15.1 Å². The van der Waals surface area contributed by atoms with Crippen LogP contribution in [0.1, 0.15) is 23.9 Å². The molecule has 2 heterocycles. The number of hydrogen-bond donors (Lipinski definition) is 3. The van der Waals surface area contributed by atoms with Gasteiger partial charge in [0, 0.05) is 23.8 Å². The number of phenolic OH excluding ortho intramolecular Hbond substituents is 1. The van der Waals surface area contributed by atoms with E-state index in [4.69, 9.17) is 0 Å². The Bertz CT molecular complexity index is 602. The predicted octanol–water partition coefficient (Wildman–Crippen LogP) is 3.40. The summed E-state index contributed by atoms with van der Waals surface area (Å²) in [5, 5.41) is 9.47. The third-order valence-corrected chi connectivity index (χ3v) is 3.72. The van der Waals surface area contributed by atoms with Gasteiger partial charge in [0.05, 0.1) is 5.41 Å². The number of aromatic nitrogens is 2. The summed E-state index contributed by atoms with van der Waals surface area (Å²) in [6, 6.07) is 15.5. The van der Waals surface area contributed by atoms with Crippen LogP contribution in [0.5, 0.6) is 5.75 Å². The number of hydrogen-bond acceptors (Lipinski definition) is 1. The van der Waals surface area contributed by atoms with Crippen LogP contribution in [-0.4, -0.2) is 15.1 Å². The predicted molar refractivity (Wildman–Crippen MR) is 75.2 cm³/mol. The molecule has 1 aromatic carbocycles. The molecule has 0 fully saturated rings. The van der Waals surface area contributed by atoms with Crippen molar-refractivity contribution in [3.05, 3.63) is 77.9 Å². The van der Waals surface area contributed by atoms with Crippen molar-refractivity contribution in [2.75, 3.05) is 0 Å². The lowest BCUT2D eigenvalue weighted by molar-refractivity contribution is 0.474. The molecule has 0 unspecified atom stereocenters. The number of rotatable bonds is 3. The van der Waals surface area contributed by atoms with Crippen LogP contribution in [-0.2, 0) is 5.41 Å². The molecule has 2 aromatic heterocycles. The fourth-order valence-corrected chi connectivity index (χ4v) is 2.53. The Hall–Kier alpha value is -2.42. The number of H-pyrrole nitrogens is 2. The fraction of sp³-hybridized carbons (Fsp3) is 0.125. The molecule has 0 aliphatic heterocycles. The van der Waals surface area contributed by atoms with Crippen LogP contribution in [0.4, 0.5) is 0 Å². The molecule has 96 valence electrons. The van der Waals surface area contributed by atoms with Crippen LogP contribution in [0.15, 0.2) is 60.9 Å². The van der Waals surface area contributed by atoms with E-state index in [9.17, 15) is 5.11 Å². The summed E-state index contributed by atoms with van der Waals surface area (Å²) >= 11 is 0. The number of benzene rings is 1. The average Bonchev–Trinajstić information content (AvgIpc) is 3.12. The molecule has 0 aliphatic rings. The lowest BCUT2D eigenvalue weighted by Crippen LogP contribution is -2.26. The van der Waals surface area contributed by atoms with Gasteiger partial charge in [-0.2, -0.15) is 0 Å². The van der Waals surface area contributed by atoms with Crippen LogP contribution >= 0.6 is 0 Å². The highest BCUT2D eigenvalue weighted by Gasteiger charge is 2.32. The molecule has 0 saturated heterocycles. The Balaban J connectivity index is 2.20. The minimum absolute atomic E-state index is 0.282. The lowest BCUT2D eigenvalue weighted by atomic mass is 9.77. The summed E-state index contributed by atoms with van der Waals surface area (Å²) in [4.78, 5) is 6.59. The zero-order chi connectivity index (χ0) is 13.3. The summed E-state index contributed by atoms with van der Waals surface area (Å²) < 4.78 is 0. The molecule has 0 radical (unpaired) electrons. The molecule has 3 heteroatoms. The minimum atomic E-state index is -0.291. The second-order valence-electron chi connectivity index (χ2n) is 4.84. The first kappa shape index (κ1) is 11.7. The van der Waals surface area contributed by atoms with Gasteiger partial charge in [0.25, 0.3) is 0 Å². The standard InChI is InChI=1S/C16H16N2O/c1-16(14-4-2-10-17-14,15-5-3-11-18-15)12-6-8-13(19)9-7-12/h2-11,17-19H,1H3. The van der Waals surface area contributed by atoms with Crippen molar-refractivity contribution in [2.24, 2.45) is 0 Å². The van der Waals surface area contributed by atoms with E-state index >= 15 is 0 Å². The van der Waals surface area contributed by atoms with Crippen molar-refractivity contribution in [1.82, 2.24) is 9.97 Å². The van der Waals surface area contributed by atoms with E-state index in [1.165, 1.54) is 0 Å². The molecule has 0 amide bonds. The van der Waals surface area contributed by atoms with Gasteiger partial charge in [-0.25, -0.2) is 0 Å². The van der Waals surface area contributed by atoms with E-state index in [0.29, 0.717) is 0 Å². The van der Waals surface area contributed by atoms with Crippen molar-refractivity contribution in [2.45, 2.75) is 12.3 Å². The Morgan fingerprint density at radius 1 is 0.842 bits per heavy atom. The number of phenols is 1. The summed E-state index contributed by atoms with van der Waals surface area (Å²) in [6.45, 7) is 2.16. The van der Waals surface area contributed by atoms with Gasteiger partial charge in [-0.3, -0.25) is 0 Å². The summed E-state index contributed by atoms with van der Waals surface area (Å²) in [6.07, 6.45) is 3.86. The molecule has 0 spiro atoms. The van der Waals surface area contributed by atoms with Gasteiger partial charge in [0.15, 0.2) is 0 Å². The maximum Gasteiger partial charge on any atom is 0.115 e. The first-order valence-corrected chi connectivity index (χ1v) is 6.28. The molecule has 3 nitrogen and oxygen atoms in total. The Morgan fingerprint density at radius 2 is 1.37 bits per heavy atom. The van der Waals surface area contributed by atoms with Crippen molar-refractivity contribution < 1.29 is 5.11 Å². The van der Waals surface area contributed by atoms with E-state index in [0.717, 1.165) is 17.0 Å².